The zero-order valence-electron chi connectivity index (χ0n) is 19.5. The molecule has 0 amide bonds. The van der Waals surface area contributed by atoms with Crippen LogP contribution in [0.25, 0.3) is 0 Å². The van der Waals surface area contributed by atoms with Crippen molar-refractivity contribution in [3.05, 3.63) is 91.6 Å². The van der Waals surface area contributed by atoms with Gasteiger partial charge in [-0.2, -0.15) is 0 Å². The average molecular weight is 483 g/mol. The van der Waals surface area contributed by atoms with E-state index in [-0.39, 0.29) is 11.7 Å². The van der Waals surface area contributed by atoms with Crippen molar-refractivity contribution in [1.82, 2.24) is 19.9 Å². The van der Waals surface area contributed by atoms with Crippen LogP contribution in [0.3, 0.4) is 0 Å². The molecule has 178 valence electrons. The van der Waals surface area contributed by atoms with E-state index in [0.29, 0.717) is 40.1 Å². The molecule has 6 nitrogen and oxygen atoms in total. The number of pyridine rings is 1. The third kappa shape index (κ3) is 4.40. The van der Waals surface area contributed by atoms with E-state index >= 15 is 0 Å². The standard InChI is InChI=1S/C26H28ClFN4O2/c1-14-10-18(8-9-29-14)17-4-6-20(11-17)34-23-13-32-25(30-16(3)15(2)26(32)33)24(31-23)21-7-5-19(27)12-22(21)28/h5,7-10,12,17,20,23-24,31H,4,6,11,13H2,1-3H3. The highest BCUT2D eigenvalue weighted by molar-refractivity contribution is 6.30. The van der Waals surface area contributed by atoms with Crippen molar-refractivity contribution in [2.75, 3.05) is 0 Å². The van der Waals surface area contributed by atoms with Gasteiger partial charge in [0.05, 0.1) is 18.7 Å². The van der Waals surface area contributed by atoms with Crippen molar-refractivity contribution in [3.8, 4) is 0 Å². The lowest BCUT2D eigenvalue weighted by molar-refractivity contribution is -0.0488. The van der Waals surface area contributed by atoms with Crippen LogP contribution in [0.15, 0.2) is 41.3 Å². The minimum atomic E-state index is -0.622. The van der Waals surface area contributed by atoms with Gasteiger partial charge in [-0.15, -0.1) is 0 Å². The third-order valence-corrected chi connectivity index (χ3v) is 7.27. The molecule has 34 heavy (non-hydrogen) atoms. The largest absolute Gasteiger partial charge is 0.358 e. The molecule has 1 saturated carbocycles. The summed E-state index contributed by atoms with van der Waals surface area (Å²) in [5.74, 6) is 0.464. The second-order valence-electron chi connectivity index (χ2n) is 9.35. The molecular weight excluding hydrogens is 455 g/mol. The number of halogens is 2. The van der Waals surface area contributed by atoms with Crippen LogP contribution in [-0.2, 0) is 11.3 Å². The molecule has 3 heterocycles. The highest BCUT2D eigenvalue weighted by Gasteiger charge is 2.35. The molecular formula is C26H28ClFN4O2. The monoisotopic (exact) mass is 482 g/mol. The molecule has 1 aliphatic heterocycles. The number of nitrogens with one attached hydrogen (secondary N) is 1. The zero-order valence-corrected chi connectivity index (χ0v) is 20.3. The summed E-state index contributed by atoms with van der Waals surface area (Å²) < 4.78 is 23.0. The van der Waals surface area contributed by atoms with E-state index < -0.39 is 18.1 Å². The number of aromatic nitrogens is 3. The fourth-order valence-corrected chi connectivity index (χ4v) is 5.28. The van der Waals surface area contributed by atoms with Gasteiger partial charge in [-0.05, 0) is 75.8 Å². The van der Waals surface area contributed by atoms with Crippen molar-refractivity contribution in [1.29, 1.82) is 0 Å². The van der Waals surface area contributed by atoms with Gasteiger partial charge in [-0.25, -0.2) is 9.37 Å². The molecule has 0 radical (unpaired) electrons. The van der Waals surface area contributed by atoms with Crippen LogP contribution in [0.1, 0.15) is 65.1 Å². The van der Waals surface area contributed by atoms with Gasteiger partial charge < -0.3 is 4.74 Å². The van der Waals surface area contributed by atoms with Crippen LogP contribution in [0.4, 0.5) is 4.39 Å². The van der Waals surface area contributed by atoms with E-state index in [1.807, 2.05) is 13.1 Å². The molecule has 0 bridgehead atoms. The second-order valence-corrected chi connectivity index (χ2v) is 9.79. The quantitative estimate of drug-likeness (QED) is 0.582. The SMILES string of the molecule is Cc1cc(C2CCC(OC3Cn4c(nc(C)c(C)c4=O)C(c4ccc(Cl)cc4F)N3)C2)ccn1. The summed E-state index contributed by atoms with van der Waals surface area (Å²) >= 11 is 5.98. The predicted octanol–water partition coefficient (Wildman–Crippen LogP) is 4.73. The molecule has 1 aliphatic carbocycles. The molecule has 2 aliphatic rings. The highest BCUT2D eigenvalue weighted by atomic mass is 35.5. The van der Waals surface area contributed by atoms with Gasteiger partial charge in [0.25, 0.3) is 5.56 Å². The lowest BCUT2D eigenvalue weighted by Gasteiger charge is -2.35. The summed E-state index contributed by atoms with van der Waals surface area (Å²) in [6.07, 6.45) is 4.31. The molecule has 1 aromatic carbocycles. The first-order chi connectivity index (χ1) is 16.3. The van der Waals surface area contributed by atoms with Crippen molar-refractivity contribution in [2.24, 2.45) is 0 Å². The van der Waals surface area contributed by atoms with Crippen LogP contribution < -0.4 is 10.9 Å². The Morgan fingerprint density at radius 1 is 1.18 bits per heavy atom. The first-order valence-electron chi connectivity index (χ1n) is 11.7. The number of ether oxygens (including phenoxy) is 1. The Labute approximate surface area is 203 Å². The summed E-state index contributed by atoms with van der Waals surface area (Å²) in [6, 6.07) is 8.16. The first kappa shape index (κ1) is 23.1. The summed E-state index contributed by atoms with van der Waals surface area (Å²) in [7, 11) is 0. The van der Waals surface area contributed by atoms with E-state index in [2.05, 4.69) is 27.4 Å². The maximum Gasteiger partial charge on any atom is 0.256 e. The summed E-state index contributed by atoms with van der Waals surface area (Å²) in [5, 5.41) is 3.73. The number of hydrogen-bond acceptors (Lipinski definition) is 5. The highest BCUT2D eigenvalue weighted by Crippen LogP contribution is 2.37. The number of hydrogen-bond donors (Lipinski definition) is 1. The van der Waals surface area contributed by atoms with Crippen LogP contribution in [0.2, 0.25) is 5.02 Å². The van der Waals surface area contributed by atoms with Crippen molar-refractivity contribution in [3.63, 3.8) is 0 Å². The van der Waals surface area contributed by atoms with Crippen LogP contribution in [-0.4, -0.2) is 26.9 Å². The Kier molecular flexibility index (Phi) is 6.27. The molecule has 5 rings (SSSR count). The van der Waals surface area contributed by atoms with Crippen LogP contribution in [0, 0.1) is 26.6 Å². The Morgan fingerprint density at radius 2 is 2.00 bits per heavy atom. The third-order valence-electron chi connectivity index (χ3n) is 7.03. The molecule has 1 N–H and O–H groups in total. The number of fused-ring (bicyclic) bond motifs is 1. The van der Waals surface area contributed by atoms with Crippen molar-refractivity contribution >= 4 is 11.6 Å². The fourth-order valence-electron chi connectivity index (χ4n) is 5.12. The summed E-state index contributed by atoms with van der Waals surface area (Å²) in [4.78, 5) is 22.1. The zero-order chi connectivity index (χ0) is 24.0. The molecule has 2 aromatic heterocycles. The molecule has 4 unspecified atom stereocenters. The minimum absolute atomic E-state index is 0.0449. The molecule has 0 saturated heterocycles. The minimum Gasteiger partial charge on any atom is -0.358 e. The van der Waals surface area contributed by atoms with E-state index in [9.17, 15) is 9.18 Å². The second kappa shape index (κ2) is 9.21. The van der Waals surface area contributed by atoms with E-state index in [0.717, 1.165) is 25.0 Å². The topological polar surface area (TPSA) is 69.0 Å². The Balaban J connectivity index is 1.42. The molecule has 3 aromatic rings. The van der Waals surface area contributed by atoms with E-state index in [4.69, 9.17) is 16.3 Å². The number of rotatable bonds is 4. The molecule has 0 spiro atoms. The van der Waals surface area contributed by atoms with Crippen molar-refractivity contribution < 1.29 is 9.13 Å². The van der Waals surface area contributed by atoms with Gasteiger partial charge in [0.15, 0.2) is 0 Å². The van der Waals surface area contributed by atoms with Gasteiger partial charge in [0.2, 0.25) is 0 Å². The maximum atomic E-state index is 14.9. The van der Waals surface area contributed by atoms with Gasteiger partial charge in [-0.1, -0.05) is 17.7 Å². The number of nitrogens with zero attached hydrogens (tertiary/aromatic N) is 3. The summed E-state index contributed by atoms with van der Waals surface area (Å²) in [6.45, 7) is 5.89. The lowest BCUT2D eigenvalue weighted by Crippen LogP contribution is -2.50. The Morgan fingerprint density at radius 3 is 2.76 bits per heavy atom. The predicted molar refractivity (Wildman–Crippen MR) is 129 cm³/mol. The van der Waals surface area contributed by atoms with Crippen molar-refractivity contribution in [2.45, 2.75) is 70.9 Å². The number of benzene rings is 1. The van der Waals surface area contributed by atoms with E-state index in [1.165, 1.54) is 11.6 Å². The van der Waals surface area contributed by atoms with Gasteiger partial charge in [0.1, 0.15) is 17.9 Å². The first-order valence-corrected chi connectivity index (χ1v) is 12.0. The maximum absolute atomic E-state index is 14.9. The lowest BCUT2D eigenvalue weighted by atomic mass is 9.98. The molecule has 1 fully saturated rings. The normalized spacial score (nSPS) is 24.3. The fraction of sp³-hybridized carbons (Fsp3) is 0.423. The molecule has 8 heteroatoms. The smallest absolute Gasteiger partial charge is 0.256 e. The average Bonchev–Trinajstić information content (AvgIpc) is 3.26. The summed E-state index contributed by atoms with van der Waals surface area (Å²) in [5.41, 5.74) is 3.80. The van der Waals surface area contributed by atoms with Crippen LogP contribution >= 0.6 is 11.6 Å². The van der Waals surface area contributed by atoms with Gasteiger partial charge in [-0.3, -0.25) is 19.7 Å². The molecule has 4 atom stereocenters. The van der Waals surface area contributed by atoms with Crippen LogP contribution in [0.5, 0.6) is 0 Å². The number of aryl methyl sites for hydroxylation is 2. The Bertz CT molecular complexity index is 1290. The van der Waals surface area contributed by atoms with Gasteiger partial charge in [0, 0.05) is 33.7 Å². The van der Waals surface area contributed by atoms with E-state index in [1.54, 1.807) is 30.5 Å². The Hall–Kier alpha value is -2.61. The van der Waals surface area contributed by atoms with Gasteiger partial charge >= 0.3 is 0 Å².